The van der Waals surface area contributed by atoms with Crippen LogP contribution in [0.15, 0.2) is 18.3 Å². The van der Waals surface area contributed by atoms with Gasteiger partial charge in [0.15, 0.2) is 0 Å². The first-order valence-corrected chi connectivity index (χ1v) is 5.06. The Kier molecular flexibility index (Phi) is 2.49. The molecule has 2 N–H and O–H groups in total. The molecule has 0 spiro atoms. The quantitative estimate of drug-likeness (QED) is 0.801. The number of hydrogen-bond acceptors (Lipinski definition) is 2. The molecule has 0 aliphatic carbocycles. The van der Waals surface area contributed by atoms with Gasteiger partial charge in [0.2, 0.25) is 0 Å². The number of aromatic amines is 1. The second-order valence-electron chi connectivity index (χ2n) is 3.78. The van der Waals surface area contributed by atoms with Crippen molar-refractivity contribution in [2.45, 2.75) is 27.3 Å². The SMILES string of the molecule is Cc1ncc(CNn2c(C)ccc2C)[nH]1. The predicted molar refractivity (Wildman–Crippen MR) is 60.3 cm³/mol. The maximum Gasteiger partial charge on any atom is 0.103 e. The number of imidazole rings is 1. The van der Waals surface area contributed by atoms with Gasteiger partial charge in [-0.05, 0) is 32.9 Å². The topological polar surface area (TPSA) is 45.6 Å². The van der Waals surface area contributed by atoms with E-state index in [0.717, 1.165) is 18.1 Å². The molecule has 0 aliphatic rings. The smallest absolute Gasteiger partial charge is 0.103 e. The van der Waals surface area contributed by atoms with Crippen molar-refractivity contribution in [3.8, 4) is 0 Å². The normalized spacial score (nSPS) is 10.6. The zero-order chi connectivity index (χ0) is 10.8. The second-order valence-corrected chi connectivity index (χ2v) is 3.78. The Morgan fingerprint density at radius 2 is 1.93 bits per heavy atom. The largest absolute Gasteiger partial charge is 0.345 e. The van der Waals surface area contributed by atoms with E-state index < -0.39 is 0 Å². The lowest BCUT2D eigenvalue weighted by Gasteiger charge is -2.11. The van der Waals surface area contributed by atoms with Crippen LogP contribution < -0.4 is 5.43 Å². The highest BCUT2D eigenvalue weighted by Crippen LogP contribution is 2.05. The molecular weight excluding hydrogens is 188 g/mol. The van der Waals surface area contributed by atoms with Crippen molar-refractivity contribution < 1.29 is 0 Å². The molecule has 2 rings (SSSR count). The van der Waals surface area contributed by atoms with Gasteiger partial charge in [-0.1, -0.05) is 0 Å². The fraction of sp³-hybridized carbons (Fsp3) is 0.364. The molecule has 2 aromatic heterocycles. The van der Waals surface area contributed by atoms with Gasteiger partial charge in [-0.3, -0.25) is 4.68 Å². The molecule has 0 radical (unpaired) electrons. The third kappa shape index (κ3) is 2.03. The number of nitrogens with zero attached hydrogens (tertiary/aromatic N) is 2. The molecule has 80 valence electrons. The number of rotatable bonds is 3. The predicted octanol–water partition coefficient (Wildman–Crippen LogP) is 1.88. The molecule has 0 aliphatic heterocycles. The van der Waals surface area contributed by atoms with E-state index in [0.29, 0.717) is 0 Å². The summed E-state index contributed by atoms with van der Waals surface area (Å²) < 4.78 is 2.08. The number of aryl methyl sites for hydroxylation is 3. The first kappa shape index (κ1) is 9.83. The molecule has 0 aromatic carbocycles. The molecule has 15 heavy (non-hydrogen) atoms. The van der Waals surface area contributed by atoms with E-state index >= 15 is 0 Å². The van der Waals surface area contributed by atoms with Crippen molar-refractivity contribution in [2.75, 3.05) is 5.43 Å². The molecule has 2 aromatic rings. The highest BCUT2D eigenvalue weighted by molar-refractivity contribution is 5.16. The van der Waals surface area contributed by atoms with E-state index in [4.69, 9.17) is 0 Å². The minimum Gasteiger partial charge on any atom is -0.345 e. The third-order valence-corrected chi connectivity index (χ3v) is 2.45. The van der Waals surface area contributed by atoms with Crippen LogP contribution in [-0.2, 0) is 6.54 Å². The van der Waals surface area contributed by atoms with E-state index in [1.807, 2.05) is 13.1 Å². The molecule has 0 fully saturated rings. The summed E-state index contributed by atoms with van der Waals surface area (Å²) in [6, 6.07) is 4.20. The van der Waals surface area contributed by atoms with E-state index in [1.54, 1.807) is 0 Å². The summed E-state index contributed by atoms with van der Waals surface area (Å²) in [5.74, 6) is 0.952. The van der Waals surface area contributed by atoms with Crippen LogP contribution in [-0.4, -0.2) is 14.6 Å². The van der Waals surface area contributed by atoms with Gasteiger partial charge in [0.05, 0.1) is 18.4 Å². The van der Waals surface area contributed by atoms with Crippen molar-refractivity contribution in [3.05, 3.63) is 41.2 Å². The Bertz CT molecular complexity index is 433. The standard InChI is InChI=1S/C11H16N4/c1-8-4-5-9(2)15(8)13-7-11-6-12-10(3)14-11/h4-6,13H,7H2,1-3H3,(H,12,14). The van der Waals surface area contributed by atoms with Gasteiger partial charge in [-0.25, -0.2) is 4.98 Å². The van der Waals surface area contributed by atoms with E-state index in [2.05, 4.69) is 46.1 Å². The molecule has 0 amide bonds. The average Bonchev–Trinajstić information content (AvgIpc) is 2.73. The van der Waals surface area contributed by atoms with Crippen LogP contribution in [0.5, 0.6) is 0 Å². The van der Waals surface area contributed by atoms with Gasteiger partial charge in [0.1, 0.15) is 5.82 Å². The molecule has 0 unspecified atom stereocenters. The van der Waals surface area contributed by atoms with Crippen LogP contribution in [0.3, 0.4) is 0 Å². The molecule has 4 nitrogen and oxygen atoms in total. The van der Waals surface area contributed by atoms with Crippen molar-refractivity contribution >= 4 is 0 Å². The molecular formula is C11H16N4. The van der Waals surface area contributed by atoms with Crippen molar-refractivity contribution in [3.63, 3.8) is 0 Å². The summed E-state index contributed by atoms with van der Waals surface area (Å²) in [5.41, 5.74) is 6.86. The molecule has 0 bridgehead atoms. The summed E-state index contributed by atoms with van der Waals surface area (Å²) in [6.07, 6.45) is 1.86. The zero-order valence-corrected chi connectivity index (χ0v) is 9.33. The van der Waals surface area contributed by atoms with Crippen molar-refractivity contribution in [1.29, 1.82) is 0 Å². The first-order valence-electron chi connectivity index (χ1n) is 5.06. The van der Waals surface area contributed by atoms with E-state index in [1.165, 1.54) is 11.4 Å². The lowest BCUT2D eigenvalue weighted by Crippen LogP contribution is -2.17. The van der Waals surface area contributed by atoms with Gasteiger partial charge in [0, 0.05) is 11.4 Å². The van der Waals surface area contributed by atoms with Gasteiger partial charge >= 0.3 is 0 Å². The summed E-state index contributed by atoms with van der Waals surface area (Å²) >= 11 is 0. The summed E-state index contributed by atoms with van der Waals surface area (Å²) in [6.45, 7) is 6.88. The fourth-order valence-electron chi connectivity index (χ4n) is 1.64. The van der Waals surface area contributed by atoms with Crippen LogP contribution in [0.2, 0.25) is 0 Å². The number of hydrogen-bond donors (Lipinski definition) is 2. The Hall–Kier alpha value is -1.71. The molecule has 0 atom stereocenters. The van der Waals surface area contributed by atoms with Gasteiger partial charge < -0.3 is 10.4 Å². The monoisotopic (exact) mass is 204 g/mol. The fourth-order valence-corrected chi connectivity index (χ4v) is 1.64. The van der Waals surface area contributed by atoms with Gasteiger partial charge in [-0.2, -0.15) is 0 Å². The third-order valence-electron chi connectivity index (χ3n) is 2.45. The maximum atomic E-state index is 4.16. The van der Waals surface area contributed by atoms with Crippen LogP contribution in [0.4, 0.5) is 0 Å². The number of nitrogens with one attached hydrogen (secondary N) is 2. The van der Waals surface area contributed by atoms with Gasteiger partial charge in [0.25, 0.3) is 0 Å². The lowest BCUT2D eigenvalue weighted by atomic mass is 10.5. The summed E-state index contributed by atoms with van der Waals surface area (Å²) in [4.78, 5) is 7.35. The van der Waals surface area contributed by atoms with E-state index in [-0.39, 0.29) is 0 Å². The first-order chi connectivity index (χ1) is 7.16. The molecule has 2 heterocycles. The molecule has 4 heteroatoms. The lowest BCUT2D eigenvalue weighted by molar-refractivity contribution is 0.782. The Balaban J connectivity index is 2.05. The summed E-state index contributed by atoms with van der Waals surface area (Å²) in [7, 11) is 0. The summed E-state index contributed by atoms with van der Waals surface area (Å²) in [5, 5.41) is 0. The Morgan fingerprint density at radius 1 is 1.27 bits per heavy atom. The second kappa shape index (κ2) is 3.81. The molecule has 0 saturated heterocycles. The Morgan fingerprint density at radius 3 is 2.47 bits per heavy atom. The number of aromatic nitrogens is 3. The van der Waals surface area contributed by atoms with Gasteiger partial charge in [-0.15, -0.1) is 0 Å². The van der Waals surface area contributed by atoms with Crippen LogP contribution in [0.25, 0.3) is 0 Å². The Labute approximate surface area is 89.3 Å². The van der Waals surface area contributed by atoms with Crippen LogP contribution >= 0.6 is 0 Å². The van der Waals surface area contributed by atoms with E-state index in [9.17, 15) is 0 Å². The maximum absolute atomic E-state index is 4.16. The van der Waals surface area contributed by atoms with Crippen LogP contribution in [0.1, 0.15) is 22.9 Å². The van der Waals surface area contributed by atoms with Crippen molar-refractivity contribution in [2.24, 2.45) is 0 Å². The van der Waals surface area contributed by atoms with Crippen LogP contribution in [0, 0.1) is 20.8 Å². The minimum absolute atomic E-state index is 0.761. The minimum atomic E-state index is 0.761. The average molecular weight is 204 g/mol. The van der Waals surface area contributed by atoms with Crippen molar-refractivity contribution in [1.82, 2.24) is 14.6 Å². The molecule has 0 saturated carbocycles. The highest BCUT2D eigenvalue weighted by Gasteiger charge is 2.01. The zero-order valence-electron chi connectivity index (χ0n) is 9.33. The number of H-pyrrole nitrogens is 1. The highest BCUT2D eigenvalue weighted by atomic mass is 15.4.